The molecular formula is C24H20IN5O. The predicted molar refractivity (Wildman–Crippen MR) is 133 cm³/mol. The fourth-order valence-electron chi connectivity index (χ4n) is 4.16. The van der Waals surface area contributed by atoms with Crippen LogP contribution in [0.2, 0.25) is 0 Å². The molecule has 5 aromatic rings. The van der Waals surface area contributed by atoms with Crippen LogP contribution in [0.5, 0.6) is 0 Å². The van der Waals surface area contributed by atoms with Gasteiger partial charge in [-0.05, 0) is 71.2 Å². The summed E-state index contributed by atoms with van der Waals surface area (Å²) in [4.78, 5) is 17.9. The van der Waals surface area contributed by atoms with E-state index in [1.54, 1.807) is 6.20 Å². The highest BCUT2D eigenvalue weighted by Gasteiger charge is 2.17. The third-order valence-electron chi connectivity index (χ3n) is 5.65. The van der Waals surface area contributed by atoms with Gasteiger partial charge < -0.3 is 5.73 Å². The van der Waals surface area contributed by atoms with E-state index in [1.807, 2.05) is 71.6 Å². The number of aryl methyl sites for hydroxylation is 2. The SMILES string of the molecule is Cc1ccccc1-n1c(Cn2nc(I)c3c(N)nccc32)cc2cccc(C)c2c1=O. The van der Waals surface area contributed by atoms with E-state index in [0.717, 1.165) is 47.9 Å². The number of nitrogens with two attached hydrogens (primary N) is 1. The number of benzene rings is 2. The van der Waals surface area contributed by atoms with Crippen LogP contribution in [0.25, 0.3) is 27.4 Å². The lowest BCUT2D eigenvalue weighted by Crippen LogP contribution is -2.25. The van der Waals surface area contributed by atoms with Crippen LogP contribution in [0.15, 0.2) is 65.6 Å². The summed E-state index contributed by atoms with van der Waals surface area (Å²) in [5, 5.41) is 7.20. The molecule has 0 bridgehead atoms. The molecule has 0 saturated carbocycles. The van der Waals surface area contributed by atoms with E-state index in [2.05, 4.69) is 33.6 Å². The van der Waals surface area contributed by atoms with Gasteiger partial charge in [-0.2, -0.15) is 5.10 Å². The molecule has 0 radical (unpaired) electrons. The number of pyridine rings is 2. The predicted octanol–water partition coefficient (Wildman–Crippen LogP) is 4.59. The van der Waals surface area contributed by atoms with Gasteiger partial charge in [0.2, 0.25) is 0 Å². The van der Waals surface area contributed by atoms with Crippen LogP contribution < -0.4 is 11.3 Å². The van der Waals surface area contributed by atoms with Crippen molar-refractivity contribution in [2.24, 2.45) is 0 Å². The second kappa shape index (κ2) is 7.49. The van der Waals surface area contributed by atoms with Crippen molar-refractivity contribution in [1.29, 1.82) is 0 Å². The first kappa shape index (κ1) is 19.7. The number of nitrogen functional groups attached to an aromatic ring is 1. The molecule has 5 rings (SSSR count). The van der Waals surface area contributed by atoms with E-state index in [-0.39, 0.29) is 5.56 Å². The lowest BCUT2D eigenvalue weighted by molar-refractivity contribution is 0.671. The third kappa shape index (κ3) is 3.20. The Morgan fingerprint density at radius 1 is 1.00 bits per heavy atom. The lowest BCUT2D eigenvalue weighted by Gasteiger charge is -2.17. The van der Waals surface area contributed by atoms with E-state index >= 15 is 0 Å². The molecule has 0 spiro atoms. The van der Waals surface area contributed by atoms with E-state index in [0.29, 0.717) is 12.4 Å². The molecule has 0 unspecified atom stereocenters. The summed E-state index contributed by atoms with van der Waals surface area (Å²) in [5.74, 6) is 0.457. The molecule has 0 saturated heterocycles. The molecule has 3 heterocycles. The first-order valence-corrected chi connectivity index (χ1v) is 11.0. The number of nitrogens with zero attached hydrogens (tertiary/aromatic N) is 4. The summed E-state index contributed by atoms with van der Waals surface area (Å²) in [6, 6.07) is 17.9. The Morgan fingerprint density at radius 2 is 1.77 bits per heavy atom. The number of para-hydroxylation sites is 1. The van der Waals surface area contributed by atoms with E-state index in [1.165, 1.54) is 0 Å². The number of rotatable bonds is 3. The second-order valence-electron chi connectivity index (χ2n) is 7.64. The van der Waals surface area contributed by atoms with Gasteiger partial charge in [-0.3, -0.25) is 14.0 Å². The summed E-state index contributed by atoms with van der Waals surface area (Å²) < 4.78 is 4.50. The van der Waals surface area contributed by atoms with E-state index < -0.39 is 0 Å². The number of fused-ring (bicyclic) bond motifs is 2. The van der Waals surface area contributed by atoms with Gasteiger partial charge in [0.05, 0.1) is 28.5 Å². The minimum atomic E-state index is -0.0211. The number of hydrogen-bond donors (Lipinski definition) is 1. The zero-order valence-corrected chi connectivity index (χ0v) is 19.3. The Bertz CT molecular complexity index is 1530. The minimum Gasteiger partial charge on any atom is -0.383 e. The van der Waals surface area contributed by atoms with Crippen molar-refractivity contribution in [3.63, 3.8) is 0 Å². The molecule has 0 aliphatic heterocycles. The molecule has 0 aliphatic rings. The molecule has 3 aromatic heterocycles. The largest absolute Gasteiger partial charge is 0.383 e. The standard InChI is InChI=1S/C24H20IN5O/c1-14-6-3-4-9-18(14)30-17(12-16-8-5-7-15(2)20(16)24(30)31)13-29-19-10-11-27-23(26)21(19)22(25)28-29/h3-12H,13H2,1-2H3,(H2,26,27). The van der Waals surface area contributed by atoms with Crippen LogP contribution in [0.3, 0.4) is 0 Å². The molecule has 2 aromatic carbocycles. The minimum absolute atomic E-state index is 0.0211. The average Bonchev–Trinajstić information content (AvgIpc) is 3.05. The Balaban J connectivity index is 1.82. The highest BCUT2D eigenvalue weighted by atomic mass is 127. The fourth-order valence-corrected chi connectivity index (χ4v) is 4.97. The van der Waals surface area contributed by atoms with Crippen LogP contribution >= 0.6 is 22.6 Å². The summed E-state index contributed by atoms with van der Waals surface area (Å²) in [6.45, 7) is 4.42. The highest BCUT2D eigenvalue weighted by molar-refractivity contribution is 14.1. The molecular weight excluding hydrogens is 501 g/mol. The number of aromatic nitrogens is 4. The maximum atomic E-state index is 13.7. The van der Waals surface area contributed by atoms with Gasteiger partial charge >= 0.3 is 0 Å². The molecule has 0 aliphatic carbocycles. The van der Waals surface area contributed by atoms with Crippen LogP contribution in [0, 0.1) is 17.5 Å². The smallest absolute Gasteiger partial charge is 0.263 e. The van der Waals surface area contributed by atoms with Gasteiger partial charge in [-0.15, -0.1) is 0 Å². The van der Waals surface area contributed by atoms with Crippen molar-refractivity contribution in [2.75, 3.05) is 5.73 Å². The summed E-state index contributed by atoms with van der Waals surface area (Å²) in [6.07, 6.45) is 1.68. The molecule has 31 heavy (non-hydrogen) atoms. The monoisotopic (exact) mass is 521 g/mol. The van der Waals surface area contributed by atoms with Crippen molar-refractivity contribution in [1.82, 2.24) is 19.3 Å². The van der Waals surface area contributed by atoms with Gasteiger partial charge in [-0.25, -0.2) is 4.98 Å². The maximum absolute atomic E-state index is 13.7. The van der Waals surface area contributed by atoms with Crippen molar-refractivity contribution >= 4 is 50.1 Å². The number of hydrogen-bond acceptors (Lipinski definition) is 4. The quantitative estimate of drug-likeness (QED) is 0.353. The molecule has 0 amide bonds. The van der Waals surface area contributed by atoms with Crippen molar-refractivity contribution in [3.05, 3.63) is 91.7 Å². The Kier molecular flexibility index (Phi) is 4.77. The zero-order valence-electron chi connectivity index (χ0n) is 17.1. The summed E-state index contributed by atoms with van der Waals surface area (Å²) in [5.41, 5.74) is 10.7. The molecule has 154 valence electrons. The topological polar surface area (TPSA) is 78.7 Å². The molecule has 2 N–H and O–H groups in total. The van der Waals surface area contributed by atoms with Crippen molar-refractivity contribution in [2.45, 2.75) is 20.4 Å². The molecule has 6 nitrogen and oxygen atoms in total. The van der Waals surface area contributed by atoms with Crippen molar-refractivity contribution in [3.8, 4) is 5.69 Å². The van der Waals surface area contributed by atoms with Crippen LogP contribution in [-0.4, -0.2) is 19.3 Å². The lowest BCUT2D eigenvalue weighted by atomic mass is 10.1. The molecule has 0 fully saturated rings. The Hall–Kier alpha value is -3.20. The first-order valence-electron chi connectivity index (χ1n) is 9.92. The second-order valence-corrected chi connectivity index (χ2v) is 8.66. The van der Waals surface area contributed by atoms with Gasteiger partial charge in [0.15, 0.2) is 0 Å². The zero-order chi connectivity index (χ0) is 21.7. The number of anilines is 1. The average molecular weight is 521 g/mol. The number of halogens is 1. The van der Waals surface area contributed by atoms with Crippen LogP contribution in [0.1, 0.15) is 16.8 Å². The van der Waals surface area contributed by atoms with Gasteiger partial charge in [0, 0.05) is 11.9 Å². The van der Waals surface area contributed by atoms with Crippen LogP contribution in [-0.2, 0) is 6.54 Å². The summed E-state index contributed by atoms with van der Waals surface area (Å²) >= 11 is 2.18. The normalized spacial score (nSPS) is 11.5. The van der Waals surface area contributed by atoms with Crippen LogP contribution in [0.4, 0.5) is 5.82 Å². The summed E-state index contributed by atoms with van der Waals surface area (Å²) in [7, 11) is 0. The van der Waals surface area contributed by atoms with E-state index in [4.69, 9.17) is 10.8 Å². The maximum Gasteiger partial charge on any atom is 0.263 e. The molecule has 0 atom stereocenters. The van der Waals surface area contributed by atoms with Gasteiger partial charge in [0.1, 0.15) is 9.52 Å². The fraction of sp³-hybridized carbons (Fsp3) is 0.125. The third-order valence-corrected chi connectivity index (χ3v) is 6.41. The van der Waals surface area contributed by atoms with Gasteiger partial charge in [-0.1, -0.05) is 36.4 Å². The van der Waals surface area contributed by atoms with E-state index in [9.17, 15) is 4.79 Å². The Labute approximate surface area is 192 Å². The Morgan fingerprint density at radius 3 is 2.58 bits per heavy atom. The van der Waals surface area contributed by atoms with Gasteiger partial charge in [0.25, 0.3) is 5.56 Å². The highest BCUT2D eigenvalue weighted by Crippen LogP contribution is 2.26. The van der Waals surface area contributed by atoms with Crippen molar-refractivity contribution < 1.29 is 0 Å². The molecule has 7 heteroatoms. The first-order chi connectivity index (χ1) is 15.0.